The van der Waals surface area contributed by atoms with Gasteiger partial charge < -0.3 is 15.2 Å². The monoisotopic (exact) mass is 565 g/mol. The topological polar surface area (TPSA) is 78.9 Å². The van der Waals surface area contributed by atoms with Crippen LogP contribution in [-0.2, 0) is 11.2 Å². The van der Waals surface area contributed by atoms with E-state index in [1.54, 1.807) is 36.1 Å². The van der Waals surface area contributed by atoms with Gasteiger partial charge in [0, 0.05) is 36.1 Å². The predicted molar refractivity (Wildman–Crippen MR) is 155 cm³/mol. The Morgan fingerprint density at radius 3 is 2.13 bits per heavy atom. The molecule has 2 aromatic rings. The van der Waals surface area contributed by atoms with Crippen molar-refractivity contribution in [3.05, 3.63) is 69.7 Å². The molecule has 1 amide bonds. The molecule has 2 aromatic carbocycles. The number of hydrogen-bond donors (Lipinski definition) is 2. The fourth-order valence-electron chi connectivity index (χ4n) is 4.48. The first-order valence-electron chi connectivity index (χ1n) is 13.8. The first-order valence-corrected chi connectivity index (χ1v) is 13.8. The van der Waals surface area contributed by atoms with Crippen LogP contribution in [0, 0.1) is 5.92 Å². The molecule has 4 rings (SSSR count). The molecule has 0 saturated carbocycles. The van der Waals surface area contributed by atoms with Crippen LogP contribution in [0.1, 0.15) is 71.7 Å². The van der Waals surface area contributed by atoms with Gasteiger partial charge in [0.15, 0.2) is 5.78 Å². The number of carbonyl (C=O) groups excluding carboxylic acids is 2. The van der Waals surface area contributed by atoms with Gasteiger partial charge in [-0.2, -0.15) is 0 Å². The van der Waals surface area contributed by atoms with Gasteiger partial charge in [-0.3, -0.25) is 9.69 Å². The van der Waals surface area contributed by atoms with Gasteiger partial charge >= 0.3 is 6.09 Å². The minimum atomic E-state index is -0.573. The van der Waals surface area contributed by atoms with Gasteiger partial charge in [-0.05, 0) is 87.9 Å². The number of β-amino-alcohol motifs (C(OH)–C–C–N with tert-alkyl or cyclic N) is 1. The van der Waals surface area contributed by atoms with Crippen LogP contribution in [0.15, 0.2) is 48.5 Å². The highest BCUT2D eigenvalue weighted by Gasteiger charge is 2.40. The van der Waals surface area contributed by atoms with Crippen LogP contribution in [0.5, 0.6) is 0 Å². The lowest BCUT2D eigenvalue weighted by Crippen LogP contribution is -2.43. The minimum Gasteiger partial charge on any atom is -0.444 e. The fourth-order valence-corrected chi connectivity index (χ4v) is 4.73. The summed E-state index contributed by atoms with van der Waals surface area (Å²) < 4.78 is 11.6. The maximum atomic E-state index is 12.7. The number of benzene rings is 2. The number of aliphatic hydroxyl groups excluding tert-OH is 1. The number of aliphatic hydroxyl groups is 1. The molecule has 0 aromatic heterocycles. The quantitative estimate of drug-likeness (QED) is 0.398. The second-order valence-electron chi connectivity index (χ2n) is 10.7. The van der Waals surface area contributed by atoms with Crippen molar-refractivity contribution in [2.75, 3.05) is 13.1 Å². The van der Waals surface area contributed by atoms with E-state index in [1.165, 1.54) is 5.56 Å². The summed E-state index contributed by atoms with van der Waals surface area (Å²) in [6.45, 7) is 11.0. The molecule has 2 saturated heterocycles. The Labute approximate surface area is 239 Å². The van der Waals surface area contributed by atoms with E-state index in [9.17, 15) is 14.7 Å². The summed E-state index contributed by atoms with van der Waals surface area (Å²) in [5.41, 5.74) is 1.26. The standard InChI is InChI=1S/C17H22ClNO3.C11H14ClNO.C2H6/c1-11-9-14(15(20)12-5-7-13(18)8-6-12)19(10-11)16(21)22-17(2,3)4;12-9-3-1-8(2-4-9)5-10-6-11(14)7-13-10;1-2/h5-8,11,14H,9-10H2,1-4H3;1-4,10-11,13-14H,5-7H2;1-2H3/t11-,14+;10-,11-;/m00./s1/i;;1D. The number of Topliss-reactive ketones (excluding diaryl/α,β-unsaturated/α-hetero) is 1. The molecule has 0 spiro atoms. The number of hydrogen-bond acceptors (Lipinski definition) is 5. The number of nitrogens with one attached hydrogen (secondary N) is 1. The van der Waals surface area contributed by atoms with E-state index in [2.05, 4.69) is 5.32 Å². The summed E-state index contributed by atoms with van der Waals surface area (Å²) in [5, 5.41) is 14.0. The number of nitrogens with zero attached hydrogens (tertiary/aromatic N) is 1. The van der Waals surface area contributed by atoms with E-state index in [0.717, 1.165) is 24.4 Å². The number of ketones is 1. The Kier molecular flexibility index (Phi) is 11.9. The molecule has 8 heteroatoms. The van der Waals surface area contributed by atoms with Gasteiger partial charge in [-0.15, -0.1) is 0 Å². The lowest BCUT2D eigenvalue weighted by molar-refractivity contribution is 0.0218. The second kappa shape index (κ2) is 14.9. The van der Waals surface area contributed by atoms with Crippen molar-refractivity contribution in [3.63, 3.8) is 0 Å². The lowest BCUT2D eigenvalue weighted by Gasteiger charge is -2.28. The molecule has 0 unspecified atom stereocenters. The molecule has 2 heterocycles. The molecule has 210 valence electrons. The Balaban J connectivity index is 0.000000268. The van der Waals surface area contributed by atoms with Crippen molar-refractivity contribution in [1.29, 1.82) is 0 Å². The molecule has 0 aliphatic carbocycles. The normalized spacial score (nSPS) is 22.9. The summed E-state index contributed by atoms with van der Waals surface area (Å²) in [7, 11) is 0. The summed E-state index contributed by atoms with van der Waals surface area (Å²) in [6, 6.07) is 14.6. The highest BCUT2D eigenvalue weighted by Crippen LogP contribution is 2.28. The molecule has 0 radical (unpaired) electrons. The first-order chi connectivity index (χ1) is 18.3. The van der Waals surface area contributed by atoms with Crippen molar-refractivity contribution in [2.45, 2.75) is 84.6 Å². The summed E-state index contributed by atoms with van der Waals surface area (Å²) in [5.74, 6) is 0.209. The average molecular weight is 567 g/mol. The van der Waals surface area contributed by atoms with Crippen molar-refractivity contribution < 1.29 is 20.8 Å². The van der Waals surface area contributed by atoms with Crippen LogP contribution in [0.25, 0.3) is 0 Å². The van der Waals surface area contributed by atoms with E-state index < -0.39 is 17.7 Å². The lowest BCUT2D eigenvalue weighted by atomic mass is 9.99. The van der Waals surface area contributed by atoms with Gasteiger partial charge in [0.1, 0.15) is 5.60 Å². The number of carbonyl (C=O) groups is 2. The van der Waals surface area contributed by atoms with Crippen LogP contribution in [-0.4, -0.2) is 58.8 Å². The second-order valence-corrected chi connectivity index (χ2v) is 11.6. The highest BCUT2D eigenvalue weighted by atomic mass is 35.5. The van der Waals surface area contributed by atoms with Crippen LogP contribution < -0.4 is 5.32 Å². The van der Waals surface area contributed by atoms with Gasteiger partial charge in [-0.25, -0.2) is 4.79 Å². The Hall–Kier alpha value is -2.12. The maximum Gasteiger partial charge on any atom is 0.410 e. The van der Waals surface area contributed by atoms with E-state index in [0.29, 0.717) is 36.5 Å². The van der Waals surface area contributed by atoms with Crippen LogP contribution >= 0.6 is 23.2 Å². The van der Waals surface area contributed by atoms with Gasteiger partial charge in [0.25, 0.3) is 0 Å². The molecular weight excluding hydrogens is 523 g/mol. The number of halogens is 2. The van der Waals surface area contributed by atoms with Crippen molar-refractivity contribution in [1.82, 2.24) is 10.2 Å². The molecule has 38 heavy (non-hydrogen) atoms. The van der Waals surface area contributed by atoms with E-state index >= 15 is 0 Å². The number of ether oxygens (including phenoxy) is 1. The van der Waals surface area contributed by atoms with Crippen molar-refractivity contribution >= 4 is 35.1 Å². The molecule has 4 atom stereocenters. The van der Waals surface area contributed by atoms with Crippen LogP contribution in [0.3, 0.4) is 0 Å². The zero-order valence-corrected chi connectivity index (χ0v) is 24.6. The third-order valence-electron chi connectivity index (χ3n) is 6.16. The molecule has 2 aliphatic rings. The summed E-state index contributed by atoms with van der Waals surface area (Å²) in [6.07, 6.45) is 1.87. The van der Waals surface area contributed by atoms with Crippen LogP contribution in [0.4, 0.5) is 4.79 Å². The Morgan fingerprint density at radius 2 is 1.63 bits per heavy atom. The maximum absolute atomic E-state index is 12.7. The zero-order valence-electron chi connectivity index (χ0n) is 24.0. The summed E-state index contributed by atoms with van der Waals surface area (Å²) in [4.78, 5) is 26.6. The molecule has 2 aliphatic heterocycles. The van der Waals surface area contributed by atoms with E-state index in [1.807, 2.05) is 52.0 Å². The largest absolute Gasteiger partial charge is 0.444 e. The molecule has 0 bridgehead atoms. The van der Waals surface area contributed by atoms with E-state index in [-0.39, 0.29) is 17.8 Å². The minimum absolute atomic E-state index is 0.0631. The van der Waals surface area contributed by atoms with Crippen molar-refractivity contribution in [3.8, 4) is 0 Å². The molecule has 6 nitrogen and oxygen atoms in total. The molecule has 2 N–H and O–H groups in total. The predicted octanol–water partition coefficient (Wildman–Crippen LogP) is 6.80. The summed E-state index contributed by atoms with van der Waals surface area (Å²) >= 11 is 11.7. The smallest absolute Gasteiger partial charge is 0.410 e. The zero-order chi connectivity index (χ0) is 29.2. The average Bonchev–Trinajstić information content (AvgIpc) is 3.45. The first kappa shape index (κ1) is 30.4. The Morgan fingerprint density at radius 1 is 1.08 bits per heavy atom. The van der Waals surface area contributed by atoms with E-state index in [4.69, 9.17) is 29.3 Å². The fraction of sp³-hybridized carbons (Fsp3) is 0.533. The number of amides is 1. The van der Waals surface area contributed by atoms with Gasteiger partial charge in [0.2, 0.25) is 0 Å². The third kappa shape index (κ3) is 10.2. The Bertz CT molecular complexity index is 1040. The SMILES string of the molecule is C[C@H]1C[C@H](C(=O)c2ccc(Cl)cc2)N(C(=O)OC(C)(C)C)C1.O[C@@H]1CN[C@@H](Cc2ccc(Cl)cc2)C1.[2H]CC. The number of likely N-dealkylation sites (tertiary alicyclic amines) is 1. The molecule has 2 fully saturated rings. The highest BCUT2D eigenvalue weighted by molar-refractivity contribution is 6.30. The van der Waals surface area contributed by atoms with Gasteiger partial charge in [-0.1, -0.05) is 56.1 Å². The number of rotatable bonds is 4. The van der Waals surface area contributed by atoms with Crippen LogP contribution in [0.2, 0.25) is 10.0 Å². The third-order valence-corrected chi connectivity index (χ3v) is 6.67. The van der Waals surface area contributed by atoms with Crippen molar-refractivity contribution in [2.24, 2.45) is 5.92 Å². The van der Waals surface area contributed by atoms with Gasteiger partial charge in [0.05, 0.1) is 12.1 Å². The molecular formula is C30H42Cl2N2O4.